The Kier molecular flexibility index (Phi) is 4.32. The molecule has 0 aliphatic carbocycles. The van der Waals surface area contributed by atoms with Gasteiger partial charge in [0.15, 0.2) is 0 Å². The van der Waals surface area contributed by atoms with Crippen LogP contribution < -0.4 is 5.32 Å². The summed E-state index contributed by atoms with van der Waals surface area (Å²) in [5.74, 6) is 0.833. The predicted octanol–water partition coefficient (Wildman–Crippen LogP) is 3.69. The Morgan fingerprint density at radius 3 is 3.00 bits per heavy atom. The van der Waals surface area contributed by atoms with Crippen LogP contribution in [0.1, 0.15) is 35.9 Å². The van der Waals surface area contributed by atoms with Crippen LogP contribution in [0.25, 0.3) is 21.9 Å². The van der Waals surface area contributed by atoms with E-state index in [4.69, 9.17) is 4.98 Å². The molecule has 1 fully saturated rings. The number of amides is 1. The van der Waals surface area contributed by atoms with Gasteiger partial charge < -0.3 is 10.3 Å². The minimum atomic E-state index is -0.138. The Labute approximate surface area is 168 Å². The molecule has 2 aromatic carbocycles. The van der Waals surface area contributed by atoms with E-state index in [0.29, 0.717) is 11.6 Å². The van der Waals surface area contributed by atoms with Crippen molar-refractivity contribution in [2.45, 2.75) is 32.4 Å². The summed E-state index contributed by atoms with van der Waals surface area (Å²) in [7, 11) is 1.89. The minimum absolute atomic E-state index is 0.138. The molecule has 1 atom stereocenters. The van der Waals surface area contributed by atoms with Crippen molar-refractivity contribution in [1.82, 2.24) is 24.6 Å². The van der Waals surface area contributed by atoms with Gasteiger partial charge in [0.25, 0.3) is 5.91 Å². The largest absolute Gasteiger partial charge is 0.341 e. The topological polar surface area (TPSA) is 78.8 Å². The van der Waals surface area contributed by atoms with Gasteiger partial charge in [-0.25, -0.2) is 4.98 Å². The van der Waals surface area contributed by atoms with E-state index in [-0.39, 0.29) is 5.91 Å². The quantitative estimate of drug-likeness (QED) is 0.559. The molecular weight excluding hydrogens is 364 g/mol. The number of benzene rings is 2. The first-order valence-electron chi connectivity index (χ1n) is 10.0. The molecule has 0 radical (unpaired) electrons. The van der Waals surface area contributed by atoms with Crippen LogP contribution in [0.3, 0.4) is 0 Å². The van der Waals surface area contributed by atoms with Crippen molar-refractivity contribution in [3.05, 3.63) is 54.0 Å². The molecule has 7 nitrogen and oxygen atoms in total. The van der Waals surface area contributed by atoms with Crippen LogP contribution in [0.15, 0.2) is 42.6 Å². The maximum atomic E-state index is 12.7. The van der Waals surface area contributed by atoms with Crippen molar-refractivity contribution in [3.63, 3.8) is 0 Å². The molecule has 29 heavy (non-hydrogen) atoms. The molecule has 0 saturated carbocycles. The van der Waals surface area contributed by atoms with Crippen LogP contribution in [0.4, 0.5) is 5.69 Å². The number of anilines is 1. The number of nitrogens with one attached hydrogen (secondary N) is 2. The van der Waals surface area contributed by atoms with Crippen molar-refractivity contribution >= 4 is 33.5 Å². The molecule has 5 rings (SSSR count). The van der Waals surface area contributed by atoms with E-state index in [2.05, 4.69) is 27.2 Å². The minimum Gasteiger partial charge on any atom is -0.341 e. The molecule has 3 heterocycles. The molecule has 0 bridgehead atoms. The first-order valence-corrected chi connectivity index (χ1v) is 10.0. The molecule has 4 aromatic rings. The van der Waals surface area contributed by atoms with Crippen LogP contribution in [-0.4, -0.2) is 43.1 Å². The summed E-state index contributed by atoms with van der Waals surface area (Å²) in [6, 6.07) is 12.0. The number of hydrogen-bond donors (Lipinski definition) is 2. The Morgan fingerprint density at radius 2 is 2.17 bits per heavy atom. The number of rotatable bonds is 4. The third-order valence-corrected chi connectivity index (χ3v) is 5.84. The molecule has 0 spiro atoms. The molecule has 7 heteroatoms. The number of carbonyl (C=O) groups is 1. The van der Waals surface area contributed by atoms with Gasteiger partial charge in [-0.15, -0.1) is 0 Å². The summed E-state index contributed by atoms with van der Waals surface area (Å²) in [4.78, 5) is 23.3. The highest BCUT2D eigenvalue weighted by Gasteiger charge is 2.21. The number of fused-ring (bicyclic) bond motifs is 2. The van der Waals surface area contributed by atoms with Crippen molar-refractivity contribution in [3.8, 4) is 0 Å². The van der Waals surface area contributed by atoms with Gasteiger partial charge in [-0.1, -0.05) is 0 Å². The molecule has 148 valence electrons. The number of hydrogen-bond acceptors (Lipinski definition) is 4. The van der Waals surface area contributed by atoms with Crippen LogP contribution >= 0.6 is 0 Å². The molecule has 1 aliphatic heterocycles. The van der Waals surface area contributed by atoms with Gasteiger partial charge in [-0.3, -0.25) is 14.4 Å². The number of H-pyrrole nitrogens is 1. The van der Waals surface area contributed by atoms with Crippen LogP contribution in [-0.2, 0) is 13.6 Å². The lowest BCUT2D eigenvalue weighted by molar-refractivity contribution is 0.102. The van der Waals surface area contributed by atoms with E-state index in [1.165, 1.54) is 12.8 Å². The smallest absolute Gasteiger partial charge is 0.255 e. The van der Waals surface area contributed by atoms with Crippen LogP contribution in [0.5, 0.6) is 0 Å². The maximum Gasteiger partial charge on any atom is 0.255 e. The number of carbonyl (C=O) groups excluding carboxylic acids is 1. The molecule has 2 aromatic heterocycles. The van der Waals surface area contributed by atoms with E-state index in [1.54, 1.807) is 10.9 Å². The Balaban J connectivity index is 1.34. The Bertz CT molecular complexity index is 1210. The van der Waals surface area contributed by atoms with Gasteiger partial charge in [-0.2, -0.15) is 5.10 Å². The summed E-state index contributed by atoms with van der Waals surface area (Å²) in [6.45, 7) is 4.23. The van der Waals surface area contributed by atoms with Gasteiger partial charge in [0.05, 0.1) is 29.3 Å². The second-order valence-corrected chi connectivity index (χ2v) is 7.87. The third kappa shape index (κ3) is 3.38. The highest BCUT2D eigenvalue weighted by atomic mass is 16.1. The predicted molar refractivity (Wildman–Crippen MR) is 114 cm³/mol. The number of likely N-dealkylation sites (tertiary alicyclic amines) is 1. The van der Waals surface area contributed by atoms with Crippen molar-refractivity contribution in [2.24, 2.45) is 7.05 Å². The summed E-state index contributed by atoms with van der Waals surface area (Å²) in [5, 5.41) is 8.16. The zero-order valence-electron chi connectivity index (χ0n) is 16.6. The molecule has 0 unspecified atom stereocenters. The van der Waals surface area contributed by atoms with Crippen molar-refractivity contribution in [2.75, 3.05) is 11.9 Å². The summed E-state index contributed by atoms with van der Waals surface area (Å²) in [6.07, 6.45) is 4.27. The fraction of sp³-hybridized carbons (Fsp3) is 0.318. The van der Waals surface area contributed by atoms with Crippen molar-refractivity contribution < 1.29 is 4.79 Å². The van der Waals surface area contributed by atoms with E-state index in [0.717, 1.165) is 46.5 Å². The lowest BCUT2D eigenvalue weighted by atomic mass is 10.1. The Hall–Kier alpha value is -3.19. The van der Waals surface area contributed by atoms with Crippen LogP contribution in [0, 0.1) is 0 Å². The molecule has 1 amide bonds. The maximum absolute atomic E-state index is 12.7. The number of aromatic amines is 1. The second kappa shape index (κ2) is 7.00. The van der Waals surface area contributed by atoms with Gasteiger partial charge in [-0.05, 0) is 62.7 Å². The van der Waals surface area contributed by atoms with E-state index in [9.17, 15) is 4.79 Å². The van der Waals surface area contributed by atoms with Crippen molar-refractivity contribution in [1.29, 1.82) is 0 Å². The highest BCUT2D eigenvalue weighted by molar-refractivity contribution is 6.06. The second-order valence-electron chi connectivity index (χ2n) is 7.87. The van der Waals surface area contributed by atoms with Crippen LogP contribution in [0.2, 0.25) is 0 Å². The zero-order chi connectivity index (χ0) is 20.0. The van der Waals surface area contributed by atoms with E-state index < -0.39 is 0 Å². The molecular formula is C22H24N6O. The lowest BCUT2D eigenvalue weighted by Gasteiger charge is -2.19. The molecule has 1 saturated heterocycles. The van der Waals surface area contributed by atoms with E-state index in [1.807, 2.05) is 43.4 Å². The highest BCUT2D eigenvalue weighted by Crippen LogP contribution is 2.22. The Morgan fingerprint density at radius 1 is 1.28 bits per heavy atom. The normalized spacial score (nSPS) is 17.4. The SMILES string of the molecule is C[C@@H]1CCCN1Cc1nc2ccc(NC(=O)c3ccc4c(cnn4C)c3)cc2[nH]1. The molecule has 2 N–H and O–H groups in total. The van der Waals surface area contributed by atoms with Gasteiger partial charge >= 0.3 is 0 Å². The zero-order valence-corrected chi connectivity index (χ0v) is 16.6. The number of aromatic nitrogens is 4. The first kappa shape index (κ1) is 17.9. The number of aryl methyl sites for hydroxylation is 1. The standard InChI is InChI=1S/C22H24N6O/c1-14-4-3-9-28(14)13-21-25-18-7-6-17(11-19(18)26-21)24-22(29)15-5-8-20-16(10-15)12-23-27(20)2/h5-8,10-12,14H,3-4,9,13H2,1-2H3,(H,24,29)(H,25,26)/t14-/m1/s1. The summed E-state index contributed by atoms with van der Waals surface area (Å²) in [5.41, 5.74) is 4.21. The summed E-state index contributed by atoms with van der Waals surface area (Å²) >= 11 is 0. The summed E-state index contributed by atoms with van der Waals surface area (Å²) < 4.78 is 1.80. The monoisotopic (exact) mass is 388 g/mol. The molecule has 1 aliphatic rings. The third-order valence-electron chi connectivity index (χ3n) is 5.84. The number of imidazole rings is 1. The van der Waals surface area contributed by atoms with Gasteiger partial charge in [0, 0.05) is 29.7 Å². The van der Waals surface area contributed by atoms with Gasteiger partial charge in [0.1, 0.15) is 5.82 Å². The number of nitrogens with zero attached hydrogens (tertiary/aromatic N) is 4. The fourth-order valence-corrected chi connectivity index (χ4v) is 4.14. The van der Waals surface area contributed by atoms with Gasteiger partial charge in [0.2, 0.25) is 0 Å². The fourth-order valence-electron chi connectivity index (χ4n) is 4.14. The average molecular weight is 388 g/mol. The first-order chi connectivity index (χ1) is 14.1. The lowest BCUT2D eigenvalue weighted by Crippen LogP contribution is -2.26. The van der Waals surface area contributed by atoms with E-state index >= 15 is 0 Å². The average Bonchev–Trinajstić information content (AvgIpc) is 3.41.